The van der Waals surface area contributed by atoms with Crippen molar-refractivity contribution in [1.29, 1.82) is 0 Å². The van der Waals surface area contributed by atoms with Gasteiger partial charge in [0, 0.05) is 19.6 Å². The summed E-state index contributed by atoms with van der Waals surface area (Å²) in [6, 6.07) is 8.17. The fourth-order valence-corrected chi connectivity index (χ4v) is 3.05. The summed E-state index contributed by atoms with van der Waals surface area (Å²) in [5.74, 6) is 0.441. The Morgan fingerprint density at radius 1 is 1.32 bits per heavy atom. The van der Waals surface area contributed by atoms with Gasteiger partial charge in [0.05, 0.1) is 12.5 Å². The van der Waals surface area contributed by atoms with Gasteiger partial charge in [-0.1, -0.05) is 32.4 Å². The maximum Gasteiger partial charge on any atom is 0.307 e. The van der Waals surface area contributed by atoms with Crippen molar-refractivity contribution < 1.29 is 14.6 Å². The van der Waals surface area contributed by atoms with Crippen LogP contribution in [-0.4, -0.2) is 35.7 Å². The summed E-state index contributed by atoms with van der Waals surface area (Å²) in [4.78, 5) is 13.5. The molecular weight excluding hydrogens is 278 g/mol. The van der Waals surface area contributed by atoms with Crippen LogP contribution >= 0.6 is 0 Å². The molecule has 4 nitrogen and oxygen atoms in total. The second-order valence-electron chi connectivity index (χ2n) is 6.42. The Kier molecular flexibility index (Phi) is 6.25. The van der Waals surface area contributed by atoms with Gasteiger partial charge < -0.3 is 9.84 Å². The van der Waals surface area contributed by atoms with E-state index in [1.807, 2.05) is 12.1 Å². The van der Waals surface area contributed by atoms with E-state index < -0.39 is 5.97 Å². The molecule has 0 bridgehead atoms. The number of ether oxygens (including phenoxy) is 1. The molecule has 2 unspecified atom stereocenters. The van der Waals surface area contributed by atoms with Crippen LogP contribution in [0.4, 0.5) is 0 Å². The van der Waals surface area contributed by atoms with E-state index in [4.69, 9.17) is 4.74 Å². The second kappa shape index (κ2) is 8.18. The minimum atomic E-state index is -0.670. The highest BCUT2D eigenvalue weighted by molar-refractivity contribution is 5.70. The Bertz CT molecular complexity index is 472. The number of carbonyl (C=O) groups is 1. The number of likely N-dealkylation sites (tertiary alicyclic amines) is 1. The molecule has 1 fully saturated rings. The van der Waals surface area contributed by atoms with Gasteiger partial charge in [-0.3, -0.25) is 9.69 Å². The van der Waals surface area contributed by atoms with Gasteiger partial charge in [0.25, 0.3) is 0 Å². The van der Waals surface area contributed by atoms with E-state index in [2.05, 4.69) is 30.9 Å². The number of hydrogen-bond donors (Lipinski definition) is 1. The van der Waals surface area contributed by atoms with Crippen molar-refractivity contribution in [2.75, 3.05) is 19.7 Å². The van der Waals surface area contributed by atoms with Crippen molar-refractivity contribution in [2.45, 2.75) is 39.7 Å². The molecule has 0 amide bonds. The highest BCUT2D eigenvalue weighted by Crippen LogP contribution is 2.23. The number of hydrogen-bond acceptors (Lipinski definition) is 3. The van der Waals surface area contributed by atoms with Gasteiger partial charge in [-0.25, -0.2) is 0 Å². The number of rotatable bonds is 7. The summed E-state index contributed by atoms with van der Waals surface area (Å²) in [6.45, 7) is 7.47. The largest absolute Gasteiger partial charge is 0.494 e. The van der Waals surface area contributed by atoms with Crippen LogP contribution in [0.1, 0.15) is 38.7 Å². The Morgan fingerprint density at radius 2 is 2.05 bits per heavy atom. The van der Waals surface area contributed by atoms with Crippen molar-refractivity contribution >= 4 is 5.97 Å². The molecule has 2 atom stereocenters. The molecule has 1 aliphatic rings. The third kappa shape index (κ3) is 5.02. The molecule has 0 aromatic heterocycles. The van der Waals surface area contributed by atoms with E-state index in [1.165, 1.54) is 5.56 Å². The summed E-state index contributed by atoms with van der Waals surface area (Å²) >= 11 is 0. The molecule has 2 rings (SSSR count). The summed E-state index contributed by atoms with van der Waals surface area (Å²) in [7, 11) is 0. The van der Waals surface area contributed by atoms with Crippen LogP contribution in [0, 0.1) is 11.8 Å². The van der Waals surface area contributed by atoms with Crippen LogP contribution in [0.2, 0.25) is 0 Å². The standard InChI is InChI=1S/C18H27NO3/c1-3-4-9-22-17-7-5-15(6-8-17)12-19-11-14(2)10-16(13-19)18(20)21/h5-8,14,16H,3-4,9-13H2,1-2H3,(H,20,21). The van der Waals surface area contributed by atoms with E-state index >= 15 is 0 Å². The lowest BCUT2D eigenvalue weighted by Gasteiger charge is -2.34. The highest BCUT2D eigenvalue weighted by Gasteiger charge is 2.29. The second-order valence-corrected chi connectivity index (χ2v) is 6.42. The molecular formula is C18H27NO3. The molecule has 4 heteroatoms. The van der Waals surface area contributed by atoms with Gasteiger partial charge in [-0.2, -0.15) is 0 Å². The summed E-state index contributed by atoms with van der Waals surface area (Å²) in [5, 5.41) is 9.24. The first kappa shape index (κ1) is 16.8. The van der Waals surface area contributed by atoms with Crippen LogP contribution in [0.3, 0.4) is 0 Å². The van der Waals surface area contributed by atoms with Crippen molar-refractivity contribution in [2.24, 2.45) is 11.8 Å². The van der Waals surface area contributed by atoms with Crippen molar-refractivity contribution in [3.8, 4) is 5.75 Å². The molecule has 0 aliphatic carbocycles. The van der Waals surface area contributed by atoms with E-state index in [1.54, 1.807) is 0 Å². The minimum absolute atomic E-state index is 0.236. The normalized spacial score (nSPS) is 22.5. The lowest BCUT2D eigenvalue weighted by atomic mass is 9.90. The van der Waals surface area contributed by atoms with E-state index in [0.29, 0.717) is 12.5 Å². The van der Waals surface area contributed by atoms with Crippen LogP contribution in [0.25, 0.3) is 0 Å². The minimum Gasteiger partial charge on any atom is -0.494 e. The Labute approximate surface area is 133 Å². The Morgan fingerprint density at radius 3 is 2.68 bits per heavy atom. The third-order valence-corrected chi connectivity index (χ3v) is 4.18. The number of carboxylic acids is 1. The molecule has 1 N–H and O–H groups in total. The maximum atomic E-state index is 11.2. The monoisotopic (exact) mass is 305 g/mol. The zero-order valence-corrected chi connectivity index (χ0v) is 13.6. The predicted octanol–water partition coefficient (Wildman–Crippen LogP) is 3.41. The molecule has 1 aromatic carbocycles. The molecule has 0 radical (unpaired) electrons. The molecule has 0 spiro atoms. The number of piperidine rings is 1. The van der Waals surface area contributed by atoms with Crippen molar-refractivity contribution in [3.63, 3.8) is 0 Å². The lowest BCUT2D eigenvalue weighted by molar-refractivity contribution is -0.144. The topological polar surface area (TPSA) is 49.8 Å². The zero-order valence-electron chi connectivity index (χ0n) is 13.6. The first-order chi connectivity index (χ1) is 10.6. The van der Waals surface area contributed by atoms with E-state index in [0.717, 1.165) is 44.7 Å². The SMILES string of the molecule is CCCCOc1ccc(CN2CC(C)CC(C(=O)O)C2)cc1. The lowest BCUT2D eigenvalue weighted by Crippen LogP contribution is -2.41. The number of benzene rings is 1. The van der Waals surface area contributed by atoms with E-state index in [9.17, 15) is 9.90 Å². The van der Waals surface area contributed by atoms with Gasteiger partial charge in [0.1, 0.15) is 5.75 Å². The fourth-order valence-electron chi connectivity index (χ4n) is 3.05. The average molecular weight is 305 g/mol. The zero-order chi connectivity index (χ0) is 15.9. The summed E-state index contributed by atoms with van der Waals surface area (Å²) < 4.78 is 5.67. The Balaban J connectivity index is 1.88. The average Bonchev–Trinajstić information content (AvgIpc) is 2.48. The summed E-state index contributed by atoms with van der Waals surface area (Å²) in [5.41, 5.74) is 1.21. The molecule has 22 heavy (non-hydrogen) atoms. The van der Waals surface area contributed by atoms with Gasteiger partial charge in [-0.05, 0) is 36.5 Å². The maximum absolute atomic E-state index is 11.2. The number of unbranched alkanes of at least 4 members (excludes halogenated alkanes) is 1. The molecule has 1 aromatic rings. The Hall–Kier alpha value is -1.55. The number of aliphatic carboxylic acids is 1. The quantitative estimate of drug-likeness (QED) is 0.784. The summed E-state index contributed by atoms with van der Waals surface area (Å²) in [6.07, 6.45) is 3.00. The van der Waals surface area contributed by atoms with Crippen LogP contribution in [0.15, 0.2) is 24.3 Å². The number of nitrogens with zero attached hydrogens (tertiary/aromatic N) is 1. The van der Waals surface area contributed by atoms with Gasteiger partial charge >= 0.3 is 5.97 Å². The van der Waals surface area contributed by atoms with E-state index in [-0.39, 0.29) is 5.92 Å². The predicted molar refractivity (Wildman–Crippen MR) is 87.0 cm³/mol. The molecule has 122 valence electrons. The van der Waals surface area contributed by atoms with Crippen LogP contribution < -0.4 is 4.74 Å². The molecule has 0 saturated carbocycles. The van der Waals surface area contributed by atoms with Crippen molar-refractivity contribution in [3.05, 3.63) is 29.8 Å². The van der Waals surface area contributed by atoms with Gasteiger partial charge in [0.2, 0.25) is 0 Å². The third-order valence-electron chi connectivity index (χ3n) is 4.18. The van der Waals surface area contributed by atoms with Crippen LogP contribution in [0.5, 0.6) is 5.75 Å². The highest BCUT2D eigenvalue weighted by atomic mass is 16.5. The molecule has 1 heterocycles. The van der Waals surface area contributed by atoms with Gasteiger partial charge in [-0.15, -0.1) is 0 Å². The first-order valence-corrected chi connectivity index (χ1v) is 8.25. The van der Waals surface area contributed by atoms with Crippen LogP contribution in [-0.2, 0) is 11.3 Å². The molecule has 1 aliphatic heterocycles. The van der Waals surface area contributed by atoms with Crippen molar-refractivity contribution in [1.82, 2.24) is 4.90 Å². The smallest absolute Gasteiger partial charge is 0.307 e. The van der Waals surface area contributed by atoms with Gasteiger partial charge in [0.15, 0.2) is 0 Å². The molecule has 1 saturated heterocycles. The fraction of sp³-hybridized carbons (Fsp3) is 0.611. The first-order valence-electron chi connectivity index (χ1n) is 8.25. The number of carboxylic acid groups (broad SMARTS) is 1.